The maximum absolute atomic E-state index is 12.4. The molecule has 1 aromatic carbocycles. The molecule has 0 unspecified atom stereocenters. The van der Waals surface area contributed by atoms with Crippen molar-refractivity contribution >= 4 is 5.91 Å². The lowest BCUT2D eigenvalue weighted by atomic mass is 10.0. The summed E-state index contributed by atoms with van der Waals surface area (Å²) in [6.07, 6.45) is 6.24. The number of aliphatic hydroxyl groups is 1. The van der Waals surface area contributed by atoms with Crippen LogP contribution in [-0.2, 0) is 17.6 Å². The highest BCUT2D eigenvalue weighted by molar-refractivity contribution is 5.76. The summed E-state index contributed by atoms with van der Waals surface area (Å²) in [7, 11) is 1.63. The second-order valence-corrected chi connectivity index (χ2v) is 6.38. The normalized spacial score (nSPS) is 19.8. The highest BCUT2D eigenvalue weighted by atomic mass is 16.5. The van der Waals surface area contributed by atoms with Gasteiger partial charge in [0.1, 0.15) is 5.75 Å². The van der Waals surface area contributed by atoms with E-state index < -0.39 is 6.10 Å². The summed E-state index contributed by atoms with van der Waals surface area (Å²) in [6.45, 7) is 0.964. The van der Waals surface area contributed by atoms with Gasteiger partial charge in [0.05, 0.1) is 18.9 Å². The fourth-order valence-corrected chi connectivity index (χ4v) is 3.16. The molecule has 6 heteroatoms. The van der Waals surface area contributed by atoms with Gasteiger partial charge in [-0.05, 0) is 30.5 Å². The average Bonchev–Trinajstić information content (AvgIpc) is 3.01. The molecule has 1 N–H and O–H groups in total. The van der Waals surface area contributed by atoms with Crippen molar-refractivity contribution in [3.63, 3.8) is 0 Å². The molecule has 3 rings (SSSR count). The minimum Gasteiger partial charge on any atom is -0.497 e. The van der Waals surface area contributed by atoms with Crippen LogP contribution in [0, 0.1) is 5.92 Å². The SMILES string of the molecule is COc1ccc(CCC(=O)N2C[C@@H](Cc3cnccn3)[C@H](O)C2)cc1. The first-order valence-corrected chi connectivity index (χ1v) is 8.49. The van der Waals surface area contributed by atoms with Crippen molar-refractivity contribution in [2.45, 2.75) is 25.4 Å². The van der Waals surface area contributed by atoms with Crippen LogP contribution in [0.1, 0.15) is 17.7 Å². The van der Waals surface area contributed by atoms with Crippen LogP contribution in [0.25, 0.3) is 0 Å². The van der Waals surface area contributed by atoms with E-state index in [1.54, 1.807) is 30.6 Å². The van der Waals surface area contributed by atoms with E-state index >= 15 is 0 Å². The fourth-order valence-electron chi connectivity index (χ4n) is 3.16. The zero-order valence-electron chi connectivity index (χ0n) is 14.3. The van der Waals surface area contributed by atoms with Gasteiger partial charge in [-0.25, -0.2) is 0 Å². The number of amides is 1. The van der Waals surface area contributed by atoms with E-state index in [9.17, 15) is 9.90 Å². The number of likely N-dealkylation sites (tertiary alicyclic amines) is 1. The number of carbonyl (C=O) groups excluding carboxylic acids is 1. The van der Waals surface area contributed by atoms with Gasteiger partial charge >= 0.3 is 0 Å². The van der Waals surface area contributed by atoms with Crippen LogP contribution in [-0.4, -0.2) is 52.2 Å². The van der Waals surface area contributed by atoms with Gasteiger partial charge < -0.3 is 14.7 Å². The molecule has 0 radical (unpaired) electrons. The number of aliphatic hydroxyl groups excluding tert-OH is 1. The molecule has 132 valence electrons. The number of hydrogen-bond donors (Lipinski definition) is 1. The summed E-state index contributed by atoms with van der Waals surface area (Å²) >= 11 is 0. The molecule has 1 amide bonds. The second-order valence-electron chi connectivity index (χ2n) is 6.38. The molecule has 1 aliphatic rings. The highest BCUT2D eigenvalue weighted by Crippen LogP contribution is 2.22. The maximum Gasteiger partial charge on any atom is 0.223 e. The van der Waals surface area contributed by atoms with Gasteiger partial charge in [-0.1, -0.05) is 12.1 Å². The molecule has 0 saturated carbocycles. The quantitative estimate of drug-likeness (QED) is 0.861. The van der Waals surface area contributed by atoms with Crippen molar-refractivity contribution in [1.82, 2.24) is 14.9 Å². The fraction of sp³-hybridized carbons (Fsp3) is 0.421. The predicted molar refractivity (Wildman–Crippen MR) is 93.1 cm³/mol. The van der Waals surface area contributed by atoms with E-state index in [0.717, 1.165) is 17.0 Å². The van der Waals surface area contributed by atoms with Gasteiger partial charge in [0.25, 0.3) is 0 Å². The number of methoxy groups -OCH3 is 1. The molecule has 6 nitrogen and oxygen atoms in total. The Morgan fingerprint density at radius 2 is 2.08 bits per heavy atom. The maximum atomic E-state index is 12.4. The third-order valence-electron chi connectivity index (χ3n) is 4.63. The number of benzene rings is 1. The predicted octanol–water partition coefficient (Wildman–Crippen LogP) is 1.48. The lowest BCUT2D eigenvalue weighted by Gasteiger charge is -2.16. The number of carbonyl (C=O) groups is 1. The Bertz CT molecular complexity index is 691. The van der Waals surface area contributed by atoms with Gasteiger partial charge in [0.15, 0.2) is 0 Å². The lowest BCUT2D eigenvalue weighted by molar-refractivity contribution is -0.130. The van der Waals surface area contributed by atoms with Gasteiger partial charge in [-0.3, -0.25) is 14.8 Å². The molecule has 2 atom stereocenters. The van der Waals surface area contributed by atoms with Crippen LogP contribution in [0.5, 0.6) is 5.75 Å². The Balaban J connectivity index is 1.50. The summed E-state index contributed by atoms with van der Waals surface area (Å²) in [5.74, 6) is 0.905. The van der Waals surface area contributed by atoms with Crippen LogP contribution in [0.2, 0.25) is 0 Å². The van der Waals surface area contributed by atoms with Crippen molar-refractivity contribution in [2.75, 3.05) is 20.2 Å². The molecule has 0 spiro atoms. The number of nitrogens with zero attached hydrogens (tertiary/aromatic N) is 3. The van der Waals surface area contributed by atoms with E-state index in [2.05, 4.69) is 9.97 Å². The topological polar surface area (TPSA) is 75.5 Å². The van der Waals surface area contributed by atoms with Crippen LogP contribution in [0.4, 0.5) is 0 Å². The number of aryl methyl sites for hydroxylation is 1. The molecule has 0 aliphatic carbocycles. The van der Waals surface area contributed by atoms with Crippen molar-refractivity contribution in [3.8, 4) is 5.75 Å². The molecule has 1 fully saturated rings. The van der Waals surface area contributed by atoms with Gasteiger partial charge in [-0.15, -0.1) is 0 Å². The molecular weight excluding hydrogens is 318 g/mol. The molecule has 0 bridgehead atoms. The van der Waals surface area contributed by atoms with Crippen molar-refractivity contribution in [3.05, 3.63) is 54.1 Å². The minimum atomic E-state index is -0.507. The molecule has 1 aliphatic heterocycles. The monoisotopic (exact) mass is 341 g/mol. The summed E-state index contributed by atoms with van der Waals surface area (Å²) in [6, 6.07) is 7.75. The van der Waals surface area contributed by atoms with Crippen LogP contribution < -0.4 is 4.74 Å². The molecule has 1 saturated heterocycles. The van der Waals surface area contributed by atoms with E-state index in [1.165, 1.54) is 0 Å². The third-order valence-corrected chi connectivity index (χ3v) is 4.63. The van der Waals surface area contributed by atoms with Crippen molar-refractivity contribution < 1.29 is 14.6 Å². The molecule has 1 aromatic heterocycles. The van der Waals surface area contributed by atoms with Crippen LogP contribution in [0.15, 0.2) is 42.9 Å². The summed E-state index contributed by atoms with van der Waals surface area (Å²) < 4.78 is 5.14. The highest BCUT2D eigenvalue weighted by Gasteiger charge is 2.33. The Morgan fingerprint density at radius 3 is 2.76 bits per heavy atom. The number of aromatic nitrogens is 2. The standard InChI is InChI=1S/C19H23N3O3/c1-25-17-5-2-14(3-6-17)4-7-19(24)22-12-15(18(23)13-22)10-16-11-20-8-9-21-16/h2-3,5-6,8-9,11,15,18,23H,4,7,10,12-13H2,1H3/t15-,18-/m1/s1. The zero-order valence-corrected chi connectivity index (χ0v) is 14.3. The molecule has 2 heterocycles. The Kier molecular flexibility index (Phi) is 5.60. The molecule has 25 heavy (non-hydrogen) atoms. The minimum absolute atomic E-state index is 0.0154. The summed E-state index contributed by atoms with van der Waals surface area (Å²) in [5.41, 5.74) is 1.95. The van der Waals surface area contributed by atoms with E-state index in [4.69, 9.17) is 4.74 Å². The third kappa shape index (κ3) is 4.54. The first kappa shape index (κ1) is 17.4. The van der Waals surface area contributed by atoms with E-state index in [0.29, 0.717) is 32.4 Å². The number of rotatable bonds is 6. The molecular formula is C19H23N3O3. The van der Waals surface area contributed by atoms with Gasteiger partial charge in [0, 0.05) is 44.0 Å². The zero-order chi connectivity index (χ0) is 17.6. The smallest absolute Gasteiger partial charge is 0.223 e. The molecule has 2 aromatic rings. The summed E-state index contributed by atoms with van der Waals surface area (Å²) in [5, 5.41) is 10.3. The number of hydrogen-bond acceptors (Lipinski definition) is 5. The van der Waals surface area contributed by atoms with Crippen LogP contribution >= 0.6 is 0 Å². The Labute approximate surface area is 147 Å². The van der Waals surface area contributed by atoms with E-state index in [1.807, 2.05) is 24.3 Å². The number of β-amino-alcohol motifs (C(OH)–C–C–N with tert-alkyl or cyclic N) is 1. The largest absolute Gasteiger partial charge is 0.497 e. The number of ether oxygens (including phenoxy) is 1. The first-order valence-electron chi connectivity index (χ1n) is 8.49. The first-order chi connectivity index (χ1) is 12.2. The average molecular weight is 341 g/mol. The van der Waals surface area contributed by atoms with Gasteiger partial charge in [0.2, 0.25) is 5.91 Å². The van der Waals surface area contributed by atoms with E-state index in [-0.39, 0.29) is 11.8 Å². The second kappa shape index (κ2) is 8.07. The van der Waals surface area contributed by atoms with Crippen molar-refractivity contribution in [1.29, 1.82) is 0 Å². The summed E-state index contributed by atoms with van der Waals surface area (Å²) in [4.78, 5) is 22.5. The Morgan fingerprint density at radius 1 is 1.28 bits per heavy atom. The lowest BCUT2D eigenvalue weighted by Crippen LogP contribution is -2.29. The van der Waals surface area contributed by atoms with Crippen LogP contribution in [0.3, 0.4) is 0 Å². The van der Waals surface area contributed by atoms with Gasteiger partial charge in [-0.2, -0.15) is 0 Å². The Hall–Kier alpha value is -2.47. The van der Waals surface area contributed by atoms with Crippen molar-refractivity contribution in [2.24, 2.45) is 5.92 Å².